The smallest absolute Gasteiger partial charge is 0.125 e. The Morgan fingerprint density at radius 3 is 1.73 bits per heavy atom. The van der Waals surface area contributed by atoms with Crippen LogP contribution < -0.4 is 14.4 Å². The molecule has 0 atom stereocenters. The maximum Gasteiger partial charge on any atom is 0.125 e. The van der Waals surface area contributed by atoms with Gasteiger partial charge in [-0.1, -0.05) is 0 Å². The van der Waals surface area contributed by atoms with E-state index in [-0.39, 0.29) is 0 Å². The Bertz CT molecular complexity index is 286. The Morgan fingerprint density at radius 1 is 0.933 bits per heavy atom. The van der Waals surface area contributed by atoms with E-state index < -0.39 is 0 Å². The third-order valence-corrected chi connectivity index (χ3v) is 2.00. The highest BCUT2D eigenvalue weighted by Gasteiger charge is 2.03. The number of benzene rings is 1. The number of ether oxygens (including phenoxy) is 2. The van der Waals surface area contributed by atoms with Gasteiger partial charge in [-0.3, -0.25) is 0 Å². The van der Waals surface area contributed by atoms with Crippen LogP contribution in [0.4, 0.5) is 5.69 Å². The monoisotopic (exact) mass is 209 g/mol. The SMILES string of the molecule is CCOc1cc(OCC)cc(N(C)C)c1. The van der Waals surface area contributed by atoms with Crippen molar-refractivity contribution in [2.75, 3.05) is 32.2 Å². The molecule has 84 valence electrons. The summed E-state index contributed by atoms with van der Waals surface area (Å²) in [4.78, 5) is 2.03. The van der Waals surface area contributed by atoms with Gasteiger partial charge < -0.3 is 14.4 Å². The van der Waals surface area contributed by atoms with Crippen LogP contribution in [0.5, 0.6) is 11.5 Å². The average Bonchev–Trinajstić information content (AvgIpc) is 2.18. The highest BCUT2D eigenvalue weighted by molar-refractivity contribution is 5.54. The summed E-state index contributed by atoms with van der Waals surface area (Å²) < 4.78 is 11.0. The number of hydrogen-bond acceptors (Lipinski definition) is 3. The molecule has 0 spiro atoms. The minimum absolute atomic E-state index is 0.669. The Labute approximate surface area is 91.6 Å². The van der Waals surface area contributed by atoms with Crippen LogP contribution in [0.15, 0.2) is 18.2 Å². The van der Waals surface area contributed by atoms with E-state index in [1.54, 1.807) is 0 Å². The molecule has 0 unspecified atom stereocenters. The maximum atomic E-state index is 5.48. The average molecular weight is 209 g/mol. The normalized spacial score (nSPS) is 9.87. The van der Waals surface area contributed by atoms with Gasteiger partial charge in [0.1, 0.15) is 11.5 Å². The molecular weight excluding hydrogens is 190 g/mol. The molecule has 0 aliphatic carbocycles. The second kappa shape index (κ2) is 5.49. The fourth-order valence-electron chi connectivity index (χ4n) is 1.31. The largest absolute Gasteiger partial charge is 0.494 e. The predicted octanol–water partition coefficient (Wildman–Crippen LogP) is 2.55. The number of nitrogens with zero attached hydrogens (tertiary/aromatic N) is 1. The molecule has 0 fully saturated rings. The molecule has 0 aliphatic rings. The minimum atomic E-state index is 0.669. The van der Waals surface area contributed by atoms with E-state index in [2.05, 4.69) is 0 Å². The summed E-state index contributed by atoms with van der Waals surface area (Å²) in [5, 5.41) is 0. The van der Waals surface area contributed by atoms with Gasteiger partial charge in [-0.2, -0.15) is 0 Å². The van der Waals surface area contributed by atoms with Gasteiger partial charge in [0.15, 0.2) is 0 Å². The van der Waals surface area contributed by atoms with Gasteiger partial charge in [-0.15, -0.1) is 0 Å². The molecule has 1 aromatic carbocycles. The zero-order chi connectivity index (χ0) is 11.3. The van der Waals surface area contributed by atoms with Gasteiger partial charge >= 0.3 is 0 Å². The van der Waals surface area contributed by atoms with Crippen molar-refractivity contribution in [1.82, 2.24) is 0 Å². The van der Waals surface area contributed by atoms with Gasteiger partial charge in [0, 0.05) is 38.0 Å². The molecule has 0 saturated carbocycles. The second-order valence-electron chi connectivity index (χ2n) is 3.42. The van der Waals surface area contributed by atoms with Crippen LogP contribution in [0.1, 0.15) is 13.8 Å². The first kappa shape index (κ1) is 11.7. The van der Waals surface area contributed by atoms with Crippen molar-refractivity contribution < 1.29 is 9.47 Å². The lowest BCUT2D eigenvalue weighted by molar-refractivity contribution is 0.323. The Balaban J connectivity index is 2.97. The van der Waals surface area contributed by atoms with Gasteiger partial charge in [-0.25, -0.2) is 0 Å². The molecule has 0 heterocycles. The molecule has 1 aromatic rings. The summed E-state index contributed by atoms with van der Waals surface area (Å²) in [6, 6.07) is 5.93. The summed E-state index contributed by atoms with van der Waals surface area (Å²) in [5.74, 6) is 1.71. The minimum Gasteiger partial charge on any atom is -0.494 e. The van der Waals surface area contributed by atoms with E-state index in [1.807, 2.05) is 51.0 Å². The molecule has 0 aliphatic heterocycles. The summed E-state index contributed by atoms with van der Waals surface area (Å²) in [5.41, 5.74) is 1.09. The molecule has 0 aromatic heterocycles. The van der Waals surface area contributed by atoms with Crippen molar-refractivity contribution in [3.8, 4) is 11.5 Å². The third-order valence-electron chi connectivity index (χ3n) is 2.00. The lowest BCUT2D eigenvalue weighted by Gasteiger charge is -2.16. The summed E-state index contributed by atoms with van der Waals surface area (Å²) in [6.45, 7) is 5.29. The molecule has 1 rings (SSSR count). The Kier molecular flexibility index (Phi) is 4.28. The zero-order valence-corrected chi connectivity index (χ0v) is 9.91. The number of hydrogen-bond donors (Lipinski definition) is 0. The van der Waals surface area contributed by atoms with Crippen LogP contribution in [-0.2, 0) is 0 Å². The fourth-order valence-corrected chi connectivity index (χ4v) is 1.31. The summed E-state index contributed by atoms with van der Waals surface area (Å²) >= 11 is 0. The number of anilines is 1. The van der Waals surface area contributed by atoms with E-state index in [0.717, 1.165) is 17.2 Å². The van der Waals surface area contributed by atoms with E-state index >= 15 is 0 Å². The standard InChI is InChI=1S/C12H19NO2/c1-5-14-11-7-10(13(3)4)8-12(9-11)15-6-2/h7-9H,5-6H2,1-4H3. The lowest BCUT2D eigenvalue weighted by atomic mass is 10.2. The first-order valence-corrected chi connectivity index (χ1v) is 5.25. The zero-order valence-electron chi connectivity index (χ0n) is 9.91. The van der Waals surface area contributed by atoms with E-state index in [1.165, 1.54) is 0 Å². The first-order valence-electron chi connectivity index (χ1n) is 5.25. The highest BCUT2D eigenvalue weighted by Crippen LogP contribution is 2.27. The van der Waals surface area contributed by atoms with E-state index in [4.69, 9.17) is 9.47 Å². The van der Waals surface area contributed by atoms with Crippen LogP contribution in [0, 0.1) is 0 Å². The molecule has 3 heteroatoms. The molecule has 15 heavy (non-hydrogen) atoms. The molecule has 0 saturated heterocycles. The fraction of sp³-hybridized carbons (Fsp3) is 0.500. The van der Waals surface area contributed by atoms with E-state index in [0.29, 0.717) is 13.2 Å². The van der Waals surface area contributed by atoms with Crippen LogP contribution in [0.2, 0.25) is 0 Å². The quantitative estimate of drug-likeness (QED) is 0.744. The van der Waals surface area contributed by atoms with Gasteiger partial charge in [0.2, 0.25) is 0 Å². The lowest BCUT2D eigenvalue weighted by Crippen LogP contribution is -2.09. The van der Waals surface area contributed by atoms with Crippen molar-refractivity contribution >= 4 is 5.69 Å². The first-order chi connectivity index (χ1) is 7.17. The molecule has 0 N–H and O–H groups in total. The van der Waals surface area contributed by atoms with Crippen molar-refractivity contribution in [3.63, 3.8) is 0 Å². The van der Waals surface area contributed by atoms with Crippen molar-refractivity contribution in [1.29, 1.82) is 0 Å². The maximum absolute atomic E-state index is 5.48. The number of rotatable bonds is 5. The second-order valence-corrected chi connectivity index (χ2v) is 3.42. The highest BCUT2D eigenvalue weighted by atomic mass is 16.5. The molecular formula is C12H19NO2. The molecule has 3 nitrogen and oxygen atoms in total. The topological polar surface area (TPSA) is 21.7 Å². The van der Waals surface area contributed by atoms with Crippen molar-refractivity contribution in [2.24, 2.45) is 0 Å². The van der Waals surface area contributed by atoms with Gasteiger partial charge in [0.05, 0.1) is 13.2 Å². The van der Waals surface area contributed by atoms with Crippen LogP contribution >= 0.6 is 0 Å². The van der Waals surface area contributed by atoms with Gasteiger partial charge in [-0.05, 0) is 13.8 Å². The third kappa shape index (κ3) is 3.35. The van der Waals surface area contributed by atoms with Crippen LogP contribution in [-0.4, -0.2) is 27.3 Å². The van der Waals surface area contributed by atoms with Crippen molar-refractivity contribution in [3.05, 3.63) is 18.2 Å². The van der Waals surface area contributed by atoms with Gasteiger partial charge in [0.25, 0.3) is 0 Å². The molecule has 0 bridgehead atoms. The molecule has 0 radical (unpaired) electrons. The van der Waals surface area contributed by atoms with E-state index in [9.17, 15) is 0 Å². The summed E-state index contributed by atoms with van der Waals surface area (Å²) in [7, 11) is 4.00. The Hall–Kier alpha value is -1.38. The van der Waals surface area contributed by atoms with Crippen LogP contribution in [0.3, 0.4) is 0 Å². The van der Waals surface area contributed by atoms with Crippen LogP contribution in [0.25, 0.3) is 0 Å². The van der Waals surface area contributed by atoms with Crippen molar-refractivity contribution in [2.45, 2.75) is 13.8 Å². The molecule has 0 amide bonds. The summed E-state index contributed by atoms with van der Waals surface area (Å²) in [6.07, 6.45) is 0. The predicted molar refractivity (Wildman–Crippen MR) is 63.1 cm³/mol. The Morgan fingerprint density at radius 2 is 1.40 bits per heavy atom.